The Morgan fingerprint density at radius 2 is 1.71 bits per heavy atom. The molecule has 0 saturated heterocycles. The molecule has 1 aromatic rings. The monoisotopic (exact) mass is 293 g/mol. The lowest BCUT2D eigenvalue weighted by Crippen LogP contribution is -2.18. The van der Waals surface area contributed by atoms with Gasteiger partial charge >= 0.3 is 0 Å². The van der Waals surface area contributed by atoms with Crippen LogP contribution in [0.5, 0.6) is 0 Å². The quantitative estimate of drug-likeness (QED) is 0.640. The Morgan fingerprint density at radius 1 is 1.10 bits per heavy atom. The highest BCUT2D eigenvalue weighted by Crippen LogP contribution is 2.34. The number of benzene rings is 1. The van der Waals surface area contributed by atoms with E-state index in [9.17, 15) is 4.39 Å². The number of aryl methyl sites for hydroxylation is 1. The van der Waals surface area contributed by atoms with E-state index in [4.69, 9.17) is 5.73 Å². The average molecular weight is 293 g/mol. The number of hydrogen-bond acceptors (Lipinski definition) is 1. The third-order valence-corrected chi connectivity index (χ3v) is 4.43. The number of halogens is 1. The molecule has 0 aromatic heterocycles. The minimum atomic E-state index is -0.925. The van der Waals surface area contributed by atoms with Gasteiger partial charge < -0.3 is 5.73 Å². The highest BCUT2D eigenvalue weighted by molar-refractivity contribution is 5.24. The van der Waals surface area contributed by atoms with Gasteiger partial charge in [-0.1, -0.05) is 57.9 Å². The molecule has 1 unspecified atom stereocenters. The summed E-state index contributed by atoms with van der Waals surface area (Å²) in [5.41, 5.74) is 8.21. The Balaban J connectivity index is 2.63. The molecule has 0 amide bonds. The summed E-state index contributed by atoms with van der Waals surface area (Å²) in [4.78, 5) is 0. The first-order valence-electron chi connectivity index (χ1n) is 8.45. The van der Waals surface area contributed by atoms with Crippen LogP contribution in [0.2, 0.25) is 0 Å². The second kappa shape index (κ2) is 9.19. The van der Waals surface area contributed by atoms with Crippen LogP contribution in [-0.4, -0.2) is 12.7 Å². The van der Waals surface area contributed by atoms with Crippen molar-refractivity contribution in [2.45, 2.75) is 71.9 Å². The van der Waals surface area contributed by atoms with E-state index in [1.54, 1.807) is 0 Å². The van der Waals surface area contributed by atoms with E-state index in [1.807, 2.05) is 12.1 Å². The molecule has 0 aliphatic rings. The maximum Gasteiger partial charge on any atom is 0.116 e. The van der Waals surface area contributed by atoms with E-state index < -0.39 is 6.17 Å². The van der Waals surface area contributed by atoms with Crippen molar-refractivity contribution < 1.29 is 4.39 Å². The number of rotatable bonds is 10. The van der Waals surface area contributed by atoms with Gasteiger partial charge in [0.25, 0.3) is 0 Å². The molecule has 1 aromatic carbocycles. The fourth-order valence-electron chi connectivity index (χ4n) is 3.28. The topological polar surface area (TPSA) is 26.0 Å². The third-order valence-electron chi connectivity index (χ3n) is 4.43. The van der Waals surface area contributed by atoms with Crippen LogP contribution in [0.25, 0.3) is 0 Å². The smallest absolute Gasteiger partial charge is 0.116 e. The minimum Gasteiger partial charge on any atom is -0.328 e. The second-order valence-electron chi connectivity index (χ2n) is 6.67. The molecule has 0 aliphatic heterocycles. The van der Waals surface area contributed by atoms with Crippen molar-refractivity contribution in [1.82, 2.24) is 0 Å². The van der Waals surface area contributed by atoms with Crippen LogP contribution in [0.4, 0.5) is 4.39 Å². The van der Waals surface area contributed by atoms with Crippen LogP contribution in [0.3, 0.4) is 0 Å². The summed E-state index contributed by atoms with van der Waals surface area (Å²) in [5, 5.41) is 0. The number of alkyl halides is 1. The zero-order valence-corrected chi connectivity index (χ0v) is 14.0. The van der Waals surface area contributed by atoms with Crippen LogP contribution < -0.4 is 5.73 Å². The minimum absolute atomic E-state index is 0.106. The van der Waals surface area contributed by atoms with E-state index in [0.29, 0.717) is 11.8 Å². The van der Waals surface area contributed by atoms with Gasteiger partial charge in [-0.3, -0.25) is 0 Å². The van der Waals surface area contributed by atoms with Crippen LogP contribution in [0, 0.1) is 5.41 Å². The van der Waals surface area contributed by atoms with Crippen LogP contribution in [0.1, 0.15) is 64.0 Å². The molecule has 0 spiro atoms. The first kappa shape index (κ1) is 18.2. The fourth-order valence-corrected chi connectivity index (χ4v) is 3.28. The lowest BCUT2D eigenvalue weighted by atomic mass is 9.76. The summed E-state index contributed by atoms with van der Waals surface area (Å²) in [6, 6.07) is 8.37. The van der Waals surface area contributed by atoms with E-state index in [1.165, 1.54) is 37.7 Å². The van der Waals surface area contributed by atoms with E-state index in [-0.39, 0.29) is 6.54 Å². The molecule has 21 heavy (non-hydrogen) atoms. The van der Waals surface area contributed by atoms with Crippen molar-refractivity contribution in [2.75, 3.05) is 6.54 Å². The Kier molecular flexibility index (Phi) is 7.95. The number of nitrogens with two attached hydrogens (primary N) is 1. The molecule has 1 atom stereocenters. The Labute approximate surface area is 130 Å². The molecule has 1 rings (SSSR count). The van der Waals surface area contributed by atoms with Crippen molar-refractivity contribution in [2.24, 2.45) is 11.1 Å². The van der Waals surface area contributed by atoms with Crippen LogP contribution >= 0.6 is 0 Å². The highest BCUT2D eigenvalue weighted by atomic mass is 19.1. The maximum absolute atomic E-state index is 13.4. The molecule has 1 nitrogen and oxygen atoms in total. The molecular formula is C19H32FN. The first-order chi connectivity index (χ1) is 10.0. The normalized spacial score (nSPS) is 13.4. The summed E-state index contributed by atoms with van der Waals surface area (Å²) in [6.45, 7) is 7.05. The summed E-state index contributed by atoms with van der Waals surface area (Å²) >= 11 is 0. The maximum atomic E-state index is 13.4. The lowest BCUT2D eigenvalue weighted by Gasteiger charge is -2.29. The van der Waals surface area contributed by atoms with Crippen LogP contribution in [0.15, 0.2) is 24.3 Å². The van der Waals surface area contributed by atoms with Gasteiger partial charge in [-0.15, -0.1) is 0 Å². The SMILES string of the molecule is CCCC(C)(CCC)CCc1cccc(CC(F)CN)c1. The van der Waals surface area contributed by atoms with Gasteiger partial charge in [0.15, 0.2) is 0 Å². The van der Waals surface area contributed by atoms with Crippen LogP contribution in [-0.2, 0) is 12.8 Å². The highest BCUT2D eigenvalue weighted by Gasteiger charge is 2.21. The standard InChI is InChI=1S/C19H32FN/c1-4-10-19(3,11-5-2)12-9-16-7-6-8-17(13-16)14-18(20)15-21/h6-8,13,18H,4-5,9-12,14-15,21H2,1-3H3. The van der Waals surface area contributed by atoms with Crippen molar-refractivity contribution in [3.05, 3.63) is 35.4 Å². The van der Waals surface area contributed by atoms with Gasteiger partial charge in [0.2, 0.25) is 0 Å². The summed E-state index contributed by atoms with van der Waals surface area (Å²) < 4.78 is 13.4. The summed E-state index contributed by atoms with van der Waals surface area (Å²) in [5.74, 6) is 0. The molecule has 2 N–H and O–H groups in total. The molecule has 0 bridgehead atoms. The second-order valence-corrected chi connectivity index (χ2v) is 6.67. The predicted molar refractivity (Wildman–Crippen MR) is 90.3 cm³/mol. The van der Waals surface area contributed by atoms with Gasteiger partial charge in [-0.25, -0.2) is 4.39 Å². The van der Waals surface area contributed by atoms with Gasteiger partial charge in [0.05, 0.1) is 0 Å². The molecule has 120 valence electrons. The zero-order chi connectivity index (χ0) is 15.7. The van der Waals surface area contributed by atoms with Crippen molar-refractivity contribution in [1.29, 1.82) is 0 Å². The van der Waals surface area contributed by atoms with E-state index in [0.717, 1.165) is 12.0 Å². The molecule has 2 heteroatoms. The Bertz CT molecular complexity index is 396. The molecule has 0 heterocycles. The fraction of sp³-hybridized carbons (Fsp3) is 0.684. The first-order valence-corrected chi connectivity index (χ1v) is 8.45. The Morgan fingerprint density at radius 3 is 2.29 bits per heavy atom. The zero-order valence-electron chi connectivity index (χ0n) is 14.0. The van der Waals surface area contributed by atoms with Gasteiger partial charge in [0, 0.05) is 13.0 Å². The number of hydrogen-bond donors (Lipinski definition) is 1. The van der Waals surface area contributed by atoms with Crippen molar-refractivity contribution in [3.8, 4) is 0 Å². The molecule has 0 aliphatic carbocycles. The van der Waals surface area contributed by atoms with Gasteiger partial charge in [-0.05, 0) is 42.2 Å². The molecular weight excluding hydrogens is 261 g/mol. The third kappa shape index (κ3) is 6.60. The van der Waals surface area contributed by atoms with Gasteiger partial charge in [-0.2, -0.15) is 0 Å². The summed E-state index contributed by atoms with van der Waals surface area (Å²) in [6.07, 6.45) is 6.89. The molecule has 0 saturated carbocycles. The van der Waals surface area contributed by atoms with Crippen molar-refractivity contribution in [3.63, 3.8) is 0 Å². The molecule has 0 fully saturated rings. The average Bonchev–Trinajstić information content (AvgIpc) is 2.46. The van der Waals surface area contributed by atoms with Crippen molar-refractivity contribution >= 4 is 0 Å². The largest absolute Gasteiger partial charge is 0.328 e. The van der Waals surface area contributed by atoms with E-state index in [2.05, 4.69) is 32.9 Å². The lowest BCUT2D eigenvalue weighted by molar-refractivity contribution is 0.244. The molecule has 0 radical (unpaired) electrons. The van der Waals surface area contributed by atoms with Gasteiger partial charge in [0.1, 0.15) is 6.17 Å². The Hall–Kier alpha value is -0.890. The predicted octanol–water partition coefficient (Wildman–Crippen LogP) is 5.07. The summed E-state index contributed by atoms with van der Waals surface area (Å²) in [7, 11) is 0. The van der Waals surface area contributed by atoms with E-state index >= 15 is 0 Å².